The molecule has 1 N–H and O–H groups in total. The number of fused-ring (bicyclic) bond motifs is 1. The monoisotopic (exact) mass is 532 g/mol. The number of halogens is 1. The number of hydrogen-bond donors (Lipinski definition) is 1. The van der Waals surface area contributed by atoms with Crippen molar-refractivity contribution in [2.24, 2.45) is 10.4 Å². The highest BCUT2D eigenvalue weighted by molar-refractivity contribution is 6.44. The van der Waals surface area contributed by atoms with Crippen molar-refractivity contribution in [3.63, 3.8) is 0 Å². The fraction of sp³-hybridized carbons (Fsp3) is 0.452. The minimum Gasteiger partial charge on any atom is -0.478 e. The van der Waals surface area contributed by atoms with Gasteiger partial charge in [0.1, 0.15) is 11.5 Å². The van der Waals surface area contributed by atoms with E-state index in [0.29, 0.717) is 33.9 Å². The van der Waals surface area contributed by atoms with Crippen molar-refractivity contribution in [2.45, 2.75) is 58.4 Å². The van der Waals surface area contributed by atoms with Crippen LogP contribution in [0.5, 0.6) is 0 Å². The first-order valence-electron chi connectivity index (χ1n) is 13.7. The molecule has 8 heteroatoms. The number of carbonyl (C=O) groups is 2. The lowest BCUT2D eigenvalue weighted by atomic mass is 9.96. The summed E-state index contributed by atoms with van der Waals surface area (Å²) in [5.74, 6) is -0.981. The maximum atomic E-state index is 15.8. The van der Waals surface area contributed by atoms with E-state index < -0.39 is 11.8 Å². The van der Waals surface area contributed by atoms with E-state index in [2.05, 4.69) is 20.4 Å². The van der Waals surface area contributed by atoms with E-state index in [4.69, 9.17) is 4.99 Å². The number of aliphatic imine (C=N–C) groups is 1. The summed E-state index contributed by atoms with van der Waals surface area (Å²) in [5.41, 5.74) is 3.25. The predicted octanol–water partition coefficient (Wildman–Crippen LogP) is 5.46. The maximum Gasteiger partial charge on any atom is 0.333 e. The number of nitrogens with zero attached hydrogens (tertiary/aromatic N) is 4. The number of anilines is 1. The fourth-order valence-electron chi connectivity index (χ4n) is 5.83. The number of benzene rings is 1. The van der Waals surface area contributed by atoms with Crippen LogP contribution in [0.15, 0.2) is 52.9 Å². The number of carboxylic acid groups (broad SMARTS) is 1. The highest BCUT2D eigenvalue weighted by Gasteiger charge is 2.45. The lowest BCUT2D eigenvalue weighted by molar-refractivity contribution is -0.132. The zero-order valence-electron chi connectivity index (χ0n) is 23.3. The van der Waals surface area contributed by atoms with E-state index in [9.17, 15) is 14.7 Å². The van der Waals surface area contributed by atoms with E-state index in [0.717, 1.165) is 50.8 Å². The zero-order valence-corrected chi connectivity index (χ0v) is 23.3. The number of aliphatic carboxylic acids is 1. The van der Waals surface area contributed by atoms with Gasteiger partial charge in [0.15, 0.2) is 5.82 Å². The summed E-state index contributed by atoms with van der Waals surface area (Å²) < 4.78 is 15.8. The molecule has 39 heavy (non-hydrogen) atoms. The number of allylic oxidation sites excluding steroid dienone is 3. The number of likely N-dealkylation sites (tertiary alicyclic amines) is 1. The summed E-state index contributed by atoms with van der Waals surface area (Å²) in [7, 11) is 3.61. The molecule has 1 aromatic carbocycles. The van der Waals surface area contributed by atoms with E-state index in [1.54, 1.807) is 30.2 Å². The average Bonchev–Trinajstić information content (AvgIpc) is 3.67. The molecular weight excluding hydrogens is 495 g/mol. The Hall–Kier alpha value is -3.68. The molecule has 1 atom stereocenters. The summed E-state index contributed by atoms with van der Waals surface area (Å²) in [6.07, 6.45) is 11.5. The highest BCUT2D eigenvalue weighted by atomic mass is 19.1. The first kappa shape index (κ1) is 26.9. The minimum absolute atomic E-state index is 0.0188. The lowest BCUT2D eigenvalue weighted by Gasteiger charge is -2.33. The quantitative estimate of drug-likeness (QED) is 0.545. The van der Waals surface area contributed by atoms with Gasteiger partial charge in [-0.25, -0.2) is 14.2 Å². The van der Waals surface area contributed by atoms with Crippen LogP contribution < -0.4 is 4.90 Å². The smallest absolute Gasteiger partial charge is 0.333 e. The summed E-state index contributed by atoms with van der Waals surface area (Å²) in [5, 5.41) is 9.40. The second kappa shape index (κ2) is 10.1. The highest BCUT2D eigenvalue weighted by Crippen LogP contribution is 2.53. The Morgan fingerprint density at radius 1 is 1.18 bits per heavy atom. The van der Waals surface area contributed by atoms with Crippen molar-refractivity contribution in [3.8, 4) is 0 Å². The van der Waals surface area contributed by atoms with Gasteiger partial charge in [-0.1, -0.05) is 38.5 Å². The molecule has 7 nitrogen and oxygen atoms in total. The Balaban J connectivity index is 1.51. The first-order valence-corrected chi connectivity index (χ1v) is 13.7. The third kappa shape index (κ3) is 5.04. The van der Waals surface area contributed by atoms with Crippen LogP contribution in [0.3, 0.4) is 0 Å². The van der Waals surface area contributed by atoms with Gasteiger partial charge in [0.2, 0.25) is 0 Å². The molecule has 0 bridgehead atoms. The fourth-order valence-corrected chi connectivity index (χ4v) is 5.83. The molecule has 0 aromatic heterocycles. The van der Waals surface area contributed by atoms with Gasteiger partial charge in [0, 0.05) is 55.5 Å². The molecular formula is C31H37FN4O3. The Morgan fingerprint density at radius 3 is 2.62 bits per heavy atom. The Morgan fingerprint density at radius 2 is 1.92 bits per heavy atom. The molecule has 1 aromatic rings. The SMILES string of the molecule is C=C(/C=C1/N=C(C(=O)N2CCCCCC2C)C=C(C2(C)CC2)N1C)c1ccc2c(c1F)N(C)CC(C(=O)O)=C2. The second-order valence-corrected chi connectivity index (χ2v) is 11.6. The molecule has 5 rings (SSSR count). The molecule has 1 saturated heterocycles. The van der Waals surface area contributed by atoms with Gasteiger partial charge in [0.25, 0.3) is 5.91 Å². The molecule has 1 unspecified atom stereocenters. The molecule has 3 aliphatic heterocycles. The minimum atomic E-state index is -1.02. The van der Waals surface area contributed by atoms with E-state index in [1.165, 1.54) is 6.08 Å². The van der Waals surface area contributed by atoms with Crippen LogP contribution in [0.1, 0.15) is 63.5 Å². The van der Waals surface area contributed by atoms with Crippen LogP contribution in [0, 0.1) is 11.2 Å². The first-order chi connectivity index (χ1) is 18.5. The van der Waals surface area contributed by atoms with Crippen LogP contribution >= 0.6 is 0 Å². The number of hydrogen-bond acceptors (Lipinski definition) is 5. The lowest BCUT2D eigenvalue weighted by Crippen LogP contribution is -2.43. The van der Waals surface area contributed by atoms with Gasteiger partial charge < -0.3 is 19.8 Å². The Labute approximate surface area is 229 Å². The average molecular weight is 533 g/mol. The second-order valence-electron chi connectivity index (χ2n) is 11.6. The largest absolute Gasteiger partial charge is 0.478 e. The van der Waals surface area contributed by atoms with Crippen LogP contribution in [0.2, 0.25) is 0 Å². The molecule has 2 fully saturated rings. The van der Waals surface area contributed by atoms with Gasteiger partial charge in [-0.15, -0.1) is 0 Å². The van der Waals surface area contributed by atoms with Crippen molar-refractivity contribution in [2.75, 3.05) is 32.1 Å². The van der Waals surface area contributed by atoms with E-state index in [1.807, 2.05) is 22.9 Å². The molecule has 1 saturated carbocycles. The van der Waals surface area contributed by atoms with Crippen LogP contribution in [0.4, 0.5) is 10.1 Å². The Bertz CT molecular complexity index is 1370. The van der Waals surface area contributed by atoms with Crippen molar-refractivity contribution in [1.29, 1.82) is 0 Å². The van der Waals surface area contributed by atoms with Crippen LogP contribution in [-0.4, -0.2) is 65.7 Å². The molecule has 0 spiro atoms. The van der Waals surface area contributed by atoms with Crippen molar-refractivity contribution >= 4 is 34.9 Å². The number of likely N-dealkylation sites (N-methyl/N-ethyl adjacent to an activating group) is 1. The predicted molar refractivity (Wildman–Crippen MR) is 153 cm³/mol. The van der Waals surface area contributed by atoms with E-state index in [-0.39, 0.29) is 29.5 Å². The van der Waals surface area contributed by atoms with Gasteiger partial charge >= 0.3 is 5.97 Å². The molecule has 4 aliphatic rings. The number of carbonyl (C=O) groups excluding carboxylic acids is 1. The number of amides is 1. The van der Waals surface area contributed by atoms with Gasteiger partial charge in [-0.3, -0.25) is 4.79 Å². The topological polar surface area (TPSA) is 76.5 Å². The Kier molecular flexibility index (Phi) is 6.99. The molecule has 3 heterocycles. The van der Waals surface area contributed by atoms with Gasteiger partial charge in [-0.2, -0.15) is 0 Å². The van der Waals surface area contributed by atoms with Crippen LogP contribution in [0.25, 0.3) is 11.6 Å². The molecule has 1 aliphatic carbocycles. The molecule has 206 valence electrons. The zero-order chi connectivity index (χ0) is 28.1. The molecule has 0 radical (unpaired) electrons. The summed E-state index contributed by atoms with van der Waals surface area (Å²) in [6, 6.07) is 3.50. The summed E-state index contributed by atoms with van der Waals surface area (Å²) >= 11 is 0. The number of carboxylic acids is 1. The van der Waals surface area contributed by atoms with Crippen molar-refractivity contribution < 1.29 is 19.1 Å². The number of rotatable bonds is 5. The third-order valence-electron chi connectivity index (χ3n) is 8.56. The van der Waals surface area contributed by atoms with Crippen molar-refractivity contribution in [1.82, 2.24) is 9.80 Å². The summed E-state index contributed by atoms with van der Waals surface area (Å²) in [6.45, 7) is 9.30. The standard InChI is InChI=1S/C31H37FN4O3/c1-19(23-11-10-21-16-22(30(38)39)18-34(4)28(21)27(23)32)15-26-33-24(17-25(35(26)5)31(3)12-13-31)29(37)36-14-8-6-7-9-20(36)2/h10-11,15-17,20H,1,6-9,12-14,18H2,2-5H3,(H,38,39)/b26-15-. The van der Waals surface area contributed by atoms with Gasteiger partial charge in [0.05, 0.1) is 11.3 Å². The normalized spacial score (nSPS) is 23.4. The molecule has 1 amide bonds. The van der Waals surface area contributed by atoms with E-state index >= 15 is 4.39 Å². The van der Waals surface area contributed by atoms with Crippen molar-refractivity contribution in [3.05, 3.63) is 64.9 Å². The summed E-state index contributed by atoms with van der Waals surface area (Å²) in [4.78, 5) is 35.5. The van der Waals surface area contributed by atoms with Crippen LogP contribution in [-0.2, 0) is 9.59 Å². The van der Waals surface area contributed by atoms with Gasteiger partial charge in [-0.05, 0) is 56.4 Å². The third-order valence-corrected chi connectivity index (χ3v) is 8.56. The maximum absolute atomic E-state index is 15.8.